The van der Waals surface area contributed by atoms with E-state index in [1.807, 2.05) is 11.8 Å². The van der Waals surface area contributed by atoms with Crippen LogP contribution in [0.1, 0.15) is 44.9 Å². The second kappa shape index (κ2) is 5.43. The normalized spacial score (nSPS) is 31.9. The molecule has 3 rings (SSSR count). The van der Waals surface area contributed by atoms with Gasteiger partial charge in [-0.1, -0.05) is 31.0 Å². The molecule has 0 bridgehead atoms. The summed E-state index contributed by atoms with van der Waals surface area (Å²) in [6, 6.07) is 0.602. The fraction of sp³-hybridized carbons (Fsp3) is 0.923. The molecular weight excluding hydrogens is 248 g/mol. The molecule has 2 aliphatic heterocycles. The summed E-state index contributed by atoms with van der Waals surface area (Å²) >= 11 is 4.06. The summed E-state index contributed by atoms with van der Waals surface area (Å²) in [5, 5.41) is 5.01. The van der Waals surface area contributed by atoms with Crippen molar-refractivity contribution in [2.45, 2.75) is 56.5 Å². The zero-order valence-corrected chi connectivity index (χ0v) is 12.0. The Morgan fingerprint density at radius 3 is 2.65 bits per heavy atom. The molecule has 2 heterocycles. The predicted molar refractivity (Wildman–Crippen MR) is 79.2 cm³/mol. The third kappa shape index (κ3) is 2.95. The van der Waals surface area contributed by atoms with Crippen molar-refractivity contribution in [2.75, 3.05) is 17.3 Å². The topological polar surface area (TPSA) is 24.4 Å². The summed E-state index contributed by atoms with van der Waals surface area (Å²) in [5.41, 5.74) is 0.422. The van der Waals surface area contributed by atoms with Crippen molar-refractivity contribution in [1.29, 1.82) is 0 Å². The number of amidine groups is 1. The second-order valence-electron chi connectivity index (χ2n) is 5.53. The number of thioether (sulfide) groups is 2. The average molecular weight is 270 g/mol. The van der Waals surface area contributed by atoms with Crippen LogP contribution in [-0.2, 0) is 0 Å². The maximum Gasteiger partial charge on any atom is 0.157 e. The van der Waals surface area contributed by atoms with Crippen molar-refractivity contribution in [3.05, 3.63) is 0 Å². The van der Waals surface area contributed by atoms with Crippen LogP contribution in [0.15, 0.2) is 4.99 Å². The lowest BCUT2D eigenvalue weighted by molar-refractivity contribution is 0.303. The summed E-state index contributed by atoms with van der Waals surface area (Å²) in [6.45, 7) is 0. The Kier molecular flexibility index (Phi) is 3.90. The number of aliphatic imine (C=N–C) groups is 1. The van der Waals surface area contributed by atoms with Crippen LogP contribution in [0.3, 0.4) is 0 Å². The molecule has 2 saturated heterocycles. The van der Waals surface area contributed by atoms with Crippen molar-refractivity contribution < 1.29 is 0 Å². The lowest BCUT2D eigenvalue weighted by Crippen LogP contribution is -2.45. The molecule has 17 heavy (non-hydrogen) atoms. The Labute approximate surface area is 113 Å². The van der Waals surface area contributed by atoms with Gasteiger partial charge in [0.05, 0.1) is 6.04 Å². The molecule has 3 aliphatic rings. The molecule has 1 N–H and O–H groups in total. The predicted octanol–water partition coefficient (Wildman–Crippen LogP) is 3.28. The lowest BCUT2D eigenvalue weighted by atomic mass is 9.83. The smallest absolute Gasteiger partial charge is 0.157 e. The molecule has 0 aromatic rings. The highest BCUT2D eigenvalue weighted by Gasteiger charge is 2.38. The zero-order valence-electron chi connectivity index (χ0n) is 10.4. The van der Waals surface area contributed by atoms with Gasteiger partial charge >= 0.3 is 0 Å². The average Bonchev–Trinajstić information content (AvgIpc) is 2.74. The summed E-state index contributed by atoms with van der Waals surface area (Å²) < 4.78 is 0. The van der Waals surface area contributed by atoms with Gasteiger partial charge in [-0.3, -0.25) is 4.99 Å². The summed E-state index contributed by atoms with van der Waals surface area (Å²) in [7, 11) is 0. The van der Waals surface area contributed by atoms with Crippen LogP contribution in [0, 0.1) is 0 Å². The Hall–Kier alpha value is 0.170. The minimum absolute atomic E-state index is 0.422. The molecule has 2 nitrogen and oxygen atoms in total. The van der Waals surface area contributed by atoms with Crippen LogP contribution < -0.4 is 5.32 Å². The van der Waals surface area contributed by atoms with Gasteiger partial charge in [-0.25, -0.2) is 0 Å². The highest BCUT2D eigenvalue weighted by Crippen LogP contribution is 2.36. The van der Waals surface area contributed by atoms with Crippen LogP contribution in [0.4, 0.5) is 0 Å². The fourth-order valence-electron chi connectivity index (χ4n) is 3.05. The Morgan fingerprint density at radius 2 is 1.88 bits per heavy atom. The van der Waals surface area contributed by atoms with E-state index in [4.69, 9.17) is 4.99 Å². The highest BCUT2D eigenvalue weighted by molar-refractivity contribution is 8.14. The van der Waals surface area contributed by atoms with Gasteiger partial charge in [0.15, 0.2) is 5.17 Å². The van der Waals surface area contributed by atoms with E-state index in [1.165, 1.54) is 67.4 Å². The molecule has 1 spiro atoms. The number of rotatable bonds is 1. The van der Waals surface area contributed by atoms with Crippen LogP contribution in [0.25, 0.3) is 0 Å². The van der Waals surface area contributed by atoms with Crippen molar-refractivity contribution in [3.63, 3.8) is 0 Å². The van der Waals surface area contributed by atoms with Gasteiger partial charge in [0.2, 0.25) is 0 Å². The van der Waals surface area contributed by atoms with Crippen molar-refractivity contribution in [2.24, 2.45) is 4.99 Å². The summed E-state index contributed by atoms with van der Waals surface area (Å²) in [4.78, 5) is 4.94. The minimum Gasteiger partial charge on any atom is -0.359 e. The SMILES string of the molecule is C1CCC2(CC1)CSC(=NC1CCSCC1)N2. The molecule has 1 aliphatic carbocycles. The van der Waals surface area contributed by atoms with Gasteiger partial charge < -0.3 is 5.32 Å². The van der Waals surface area contributed by atoms with Gasteiger partial charge in [0.1, 0.15) is 0 Å². The lowest BCUT2D eigenvalue weighted by Gasteiger charge is -2.32. The minimum atomic E-state index is 0.422. The van der Waals surface area contributed by atoms with E-state index in [-0.39, 0.29) is 0 Å². The molecule has 96 valence electrons. The van der Waals surface area contributed by atoms with E-state index in [2.05, 4.69) is 17.1 Å². The van der Waals surface area contributed by atoms with Gasteiger partial charge in [0.25, 0.3) is 0 Å². The molecule has 1 saturated carbocycles. The van der Waals surface area contributed by atoms with Gasteiger partial charge in [-0.05, 0) is 37.2 Å². The van der Waals surface area contributed by atoms with Crippen LogP contribution in [-0.4, -0.2) is 34.0 Å². The van der Waals surface area contributed by atoms with Gasteiger partial charge in [0, 0.05) is 11.3 Å². The van der Waals surface area contributed by atoms with Crippen LogP contribution in [0.2, 0.25) is 0 Å². The van der Waals surface area contributed by atoms with E-state index < -0.39 is 0 Å². The van der Waals surface area contributed by atoms with Crippen LogP contribution >= 0.6 is 23.5 Å². The molecular formula is C13H22N2S2. The first-order valence-corrected chi connectivity index (χ1v) is 9.07. The standard InChI is InChI=1S/C13H22N2S2/c1-2-6-13(7-3-1)10-17-12(15-13)14-11-4-8-16-9-5-11/h11H,1-10H2,(H,14,15). The van der Waals surface area contributed by atoms with E-state index >= 15 is 0 Å². The third-order valence-corrected chi connectivity index (χ3v) is 6.39. The largest absolute Gasteiger partial charge is 0.359 e. The monoisotopic (exact) mass is 270 g/mol. The van der Waals surface area contributed by atoms with Crippen molar-refractivity contribution >= 4 is 28.7 Å². The van der Waals surface area contributed by atoms with Crippen molar-refractivity contribution in [1.82, 2.24) is 5.32 Å². The van der Waals surface area contributed by atoms with Crippen LogP contribution in [0.5, 0.6) is 0 Å². The molecule has 0 aromatic carbocycles. The number of hydrogen-bond donors (Lipinski definition) is 1. The quantitative estimate of drug-likeness (QED) is 0.791. The van der Waals surface area contributed by atoms with E-state index in [1.54, 1.807) is 0 Å². The number of nitrogens with one attached hydrogen (secondary N) is 1. The van der Waals surface area contributed by atoms with E-state index in [0.717, 1.165) is 0 Å². The fourth-order valence-corrected chi connectivity index (χ4v) is 5.42. The molecule has 0 aromatic heterocycles. The van der Waals surface area contributed by atoms with Crippen molar-refractivity contribution in [3.8, 4) is 0 Å². The maximum atomic E-state index is 4.94. The number of nitrogens with zero attached hydrogens (tertiary/aromatic N) is 1. The Bertz CT molecular complexity index is 292. The molecule has 0 atom stereocenters. The molecule has 0 amide bonds. The van der Waals surface area contributed by atoms with Gasteiger partial charge in [-0.15, -0.1) is 0 Å². The molecule has 4 heteroatoms. The summed E-state index contributed by atoms with van der Waals surface area (Å²) in [6.07, 6.45) is 9.52. The first kappa shape index (κ1) is 12.2. The summed E-state index contributed by atoms with van der Waals surface area (Å²) in [5.74, 6) is 3.86. The molecule has 0 unspecified atom stereocenters. The molecule has 3 fully saturated rings. The second-order valence-corrected chi connectivity index (χ2v) is 7.72. The third-order valence-electron chi connectivity index (χ3n) is 4.16. The first-order chi connectivity index (χ1) is 8.36. The number of hydrogen-bond acceptors (Lipinski definition) is 3. The first-order valence-electron chi connectivity index (χ1n) is 6.93. The zero-order chi connectivity index (χ0) is 11.6. The van der Waals surface area contributed by atoms with Gasteiger partial charge in [-0.2, -0.15) is 11.8 Å². The highest BCUT2D eigenvalue weighted by atomic mass is 32.2. The Balaban J connectivity index is 1.60. The Morgan fingerprint density at radius 1 is 1.12 bits per heavy atom. The maximum absolute atomic E-state index is 4.94. The molecule has 0 radical (unpaired) electrons. The van der Waals surface area contributed by atoms with E-state index in [9.17, 15) is 0 Å². The van der Waals surface area contributed by atoms with E-state index in [0.29, 0.717) is 11.6 Å².